The lowest BCUT2D eigenvalue weighted by Gasteiger charge is -2.01. The number of nitrogens with two attached hydrogens (primary N) is 1. The van der Waals surface area contributed by atoms with Gasteiger partial charge in [-0.15, -0.1) is 0 Å². The first-order valence-corrected chi connectivity index (χ1v) is 4.81. The molecule has 1 heterocycles. The normalized spacial score (nSPS) is 10.1. The number of benzene rings is 1. The number of amides is 1. The van der Waals surface area contributed by atoms with Crippen molar-refractivity contribution in [2.24, 2.45) is 0 Å². The number of carbonyl (C=O) groups excluding carboxylic acids is 1. The Morgan fingerprint density at radius 1 is 1.38 bits per heavy atom. The summed E-state index contributed by atoms with van der Waals surface area (Å²) in [7, 11) is 0. The zero-order chi connectivity index (χ0) is 11.5. The molecule has 0 saturated heterocycles. The van der Waals surface area contributed by atoms with E-state index in [4.69, 9.17) is 21.8 Å². The molecule has 0 unspecified atom stereocenters. The van der Waals surface area contributed by atoms with Crippen LogP contribution in [0, 0.1) is 0 Å². The lowest BCUT2D eigenvalue weighted by atomic mass is 10.3. The van der Waals surface area contributed by atoms with E-state index >= 15 is 0 Å². The summed E-state index contributed by atoms with van der Waals surface area (Å²) < 4.78 is 4.73. The van der Waals surface area contributed by atoms with E-state index in [9.17, 15) is 4.79 Å². The molecule has 0 atom stereocenters. The van der Waals surface area contributed by atoms with Gasteiger partial charge in [-0.2, -0.15) is 4.98 Å². The Morgan fingerprint density at radius 2 is 2.06 bits per heavy atom. The van der Waals surface area contributed by atoms with Gasteiger partial charge in [-0.05, 0) is 24.3 Å². The van der Waals surface area contributed by atoms with E-state index in [-0.39, 0.29) is 17.6 Å². The third-order valence-electron chi connectivity index (χ3n) is 1.86. The Hall–Kier alpha value is -2.01. The number of rotatable bonds is 2. The summed E-state index contributed by atoms with van der Waals surface area (Å²) in [6.07, 6.45) is 1.20. The van der Waals surface area contributed by atoms with Gasteiger partial charge in [0.2, 0.25) is 0 Å². The van der Waals surface area contributed by atoms with Crippen LogP contribution in [0.2, 0.25) is 5.02 Å². The summed E-state index contributed by atoms with van der Waals surface area (Å²) in [5.41, 5.74) is 6.01. The second-order valence-electron chi connectivity index (χ2n) is 3.03. The molecule has 0 radical (unpaired) electrons. The van der Waals surface area contributed by atoms with Crippen LogP contribution >= 0.6 is 11.6 Å². The number of oxazole rings is 1. The zero-order valence-corrected chi connectivity index (χ0v) is 8.86. The first kappa shape index (κ1) is 10.5. The van der Waals surface area contributed by atoms with Crippen molar-refractivity contribution in [1.82, 2.24) is 4.98 Å². The molecule has 0 spiro atoms. The third-order valence-corrected chi connectivity index (χ3v) is 2.11. The fourth-order valence-corrected chi connectivity index (χ4v) is 1.25. The average molecular weight is 238 g/mol. The molecule has 0 bridgehead atoms. The molecule has 16 heavy (non-hydrogen) atoms. The largest absolute Gasteiger partial charge is 0.431 e. The molecule has 6 heteroatoms. The Balaban J connectivity index is 2.10. The fraction of sp³-hybridized carbons (Fsp3) is 0. The van der Waals surface area contributed by atoms with Gasteiger partial charge in [0.25, 0.3) is 11.9 Å². The summed E-state index contributed by atoms with van der Waals surface area (Å²) in [4.78, 5) is 15.3. The van der Waals surface area contributed by atoms with Gasteiger partial charge in [-0.1, -0.05) is 11.6 Å². The Morgan fingerprint density at radius 3 is 2.62 bits per heavy atom. The molecule has 0 saturated carbocycles. The predicted molar refractivity (Wildman–Crippen MR) is 60.3 cm³/mol. The van der Waals surface area contributed by atoms with E-state index in [1.54, 1.807) is 24.3 Å². The number of hydrogen-bond acceptors (Lipinski definition) is 4. The molecule has 0 aliphatic carbocycles. The van der Waals surface area contributed by atoms with Crippen molar-refractivity contribution in [2.75, 3.05) is 11.1 Å². The Kier molecular flexibility index (Phi) is 2.78. The van der Waals surface area contributed by atoms with Crippen molar-refractivity contribution in [3.8, 4) is 0 Å². The molecule has 5 nitrogen and oxygen atoms in total. The topological polar surface area (TPSA) is 81.1 Å². The highest BCUT2D eigenvalue weighted by atomic mass is 35.5. The second-order valence-corrected chi connectivity index (χ2v) is 3.47. The predicted octanol–water partition coefficient (Wildman–Crippen LogP) is 2.16. The quantitative estimate of drug-likeness (QED) is 0.839. The van der Waals surface area contributed by atoms with Crippen LogP contribution in [0.15, 0.2) is 34.9 Å². The second kappa shape index (κ2) is 4.24. The first-order valence-electron chi connectivity index (χ1n) is 4.43. The molecule has 0 aliphatic heterocycles. The van der Waals surface area contributed by atoms with Crippen molar-refractivity contribution < 1.29 is 9.21 Å². The molecule has 1 amide bonds. The van der Waals surface area contributed by atoms with Crippen molar-refractivity contribution in [3.63, 3.8) is 0 Å². The van der Waals surface area contributed by atoms with Crippen molar-refractivity contribution in [1.29, 1.82) is 0 Å². The number of halogens is 1. The van der Waals surface area contributed by atoms with Crippen LogP contribution < -0.4 is 11.1 Å². The van der Waals surface area contributed by atoms with Gasteiger partial charge in [0.1, 0.15) is 6.26 Å². The van der Waals surface area contributed by atoms with Crippen LogP contribution in [0.3, 0.4) is 0 Å². The number of nitrogens with one attached hydrogen (secondary N) is 1. The molecular formula is C10H8ClN3O2. The van der Waals surface area contributed by atoms with Gasteiger partial charge in [0.05, 0.1) is 0 Å². The number of hydrogen-bond donors (Lipinski definition) is 2. The molecule has 2 aromatic rings. The monoisotopic (exact) mass is 237 g/mol. The lowest BCUT2D eigenvalue weighted by Crippen LogP contribution is -2.12. The number of anilines is 2. The number of nitrogen functional groups attached to an aromatic ring is 1. The van der Waals surface area contributed by atoms with Gasteiger partial charge >= 0.3 is 0 Å². The van der Waals surface area contributed by atoms with E-state index < -0.39 is 0 Å². The maximum atomic E-state index is 11.6. The molecule has 1 aromatic heterocycles. The van der Waals surface area contributed by atoms with E-state index in [2.05, 4.69) is 10.3 Å². The summed E-state index contributed by atoms with van der Waals surface area (Å²) in [6.45, 7) is 0. The average Bonchev–Trinajstić information content (AvgIpc) is 2.68. The van der Waals surface area contributed by atoms with Crippen LogP contribution in [-0.4, -0.2) is 10.9 Å². The first-order chi connectivity index (χ1) is 7.65. The maximum Gasteiger partial charge on any atom is 0.292 e. The molecular weight excluding hydrogens is 230 g/mol. The van der Waals surface area contributed by atoms with Crippen molar-refractivity contribution >= 4 is 29.2 Å². The molecule has 0 fully saturated rings. The smallest absolute Gasteiger partial charge is 0.292 e. The maximum absolute atomic E-state index is 11.6. The van der Waals surface area contributed by atoms with Gasteiger partial charge < -0.3 is 15.5 Å². The summed E-state index contributed by atoms with van der Waals surface area (Å²) >= 11 is 5.71. The van der Waals surface area contributed by atoms with Crippen molar-refractivity contribution in [3.05, 3.63) is 41.2 Å². The van der Waals surface area contributed by atoms with Crippen LogP contribution in [0.25, 0.3) is 0 Å². The van der Waals surface area contributed by atoms with E-state index in [0.717, 1.165) is 0 Å². The zero-order valence-electron chi connectivity index (χ0n) is 8.11. The van der Waals surface area contributed by atoms with Gasteiger partial charge in [0.15, 0.2) is 5.69 Å². The molecule has 1 aromatic carbocycles. The third kappa shape index (κ3) is 2.32. The van der Waals surface area contributed by atoms with E-state index in [1.165, 1.54) is 6.26 Å². The lowest BCUT2D eigenvalue weighted by molar-refractivity contribution is 0.102. The van der Waals surface area contributed by atoms with Gasteiger partial charge in [0, 0.05) is 10.7 Å². The summed E-state index contributed by atoms with van der Waals surface area (Å²) in [6, 6.07) is 6.68. The Bertz CT molecular complexity index is 507. The number of aromatic nitrogens is 1. The molecule has 82 valence electrons. The standard InChI is InChI=1S/C10H8ClN3O2/c11-6-1-3-7(4-2-6)13-9(15)8-5-16-10(12)14-8/h1-5H,(H2,12,14)(H,13,15). The van der Waals surface area contributed by atoms with E-state index in [1.807, 2.05) is 0 Å². The summed E-state index contributed by atoms with van der Waals surface area (Å²) in [5, 5.41) is 3.22. The van der Waals surface area contributed by atoms with Crippen molar-refractivity contribution in [2.45, 2.75) is 0 Å². The van der Waals surface area contributed by atoms with Crippen LogP contribution in [0.5, 0.6) is 0 Å². The Labute approximate surface area is 96.2 Å². The molecule has 3 N–H and O–H groups in total. The minimum absolute atomic E-state index is 0.0405. The highest BCUT2D eigenvalue weighted by Crippen LogP contribution is 2.14. The SMILES string of the molecule is Nc1nc(C(=O)Nc2ccc(Cl)cc2)co1. The van der Waals surface area contributed by atoms with E-state index in [0.29, 0.717) is 10.7 Å². The van der Waals surface area contributed by atoms with Gasteiger partial charge in [-0.3, -0.25) is 4.79 Å². The highest BCUT2D eigenvalue weighted by Gasteiger charge is 2.10. The fourth-order valence-electron chi connectivity index (χ4n) is 1.12. The van der Waals surface area contributed by atoms with Crippen LogP contribution in [0.1, 0.15) is 10.5 Å². The number of nitrogens with zero attached hydrogens (tertiary/aromatic N) is 1. The minimum Gasteiger partial charge on any atom is -0.431 e. The highest BCUT2D eigenvalue weighted by molar-refractivity contribution is 6.30. The van der Waals surface area contributed by atoms with Gasteiger partial charge in [-0.25, -0.2) is 0 Å². The van der Waals surface area contributed by atoms with Crippen LogP contribution in [-0.2, 0) is 0 Å². The number of carbonyl (C=O) groups is 1. The molecule has 2 rings (SSSR count). The minimum atomic E-state index is -0.386. The molecule has 0 aliphatic rings. The summed E-state index contributed by atoms with van der Waals surface area (Å²) in [5.74, 6) is -0.386. The van der Waals surface area contributed by atoms with Crippen LogP contribution in [0.4, 0.5) is 11.7 Å².